The summed E-state index contributed by atoms with van der Waals surface area (Å²) in [4.78, 5) is 0. The Morgan fingerprint density at radius 1 is 0.750 bits per heavy atom. The minimum atomic E-state index is 0.444. The van der Waals surface area contributed by atoms with Gasteiger partial charge < -0.3 is 0 Å². The Hall–Kier alpha value is -1.56. The molecule has 0 radical (unpaired) electrons. The van der Waals surface area contributed by atoms with Gasteiger partial charge in [-0.05, 0) is 11.1 Å². The Balaban J connectivity index is 2.57. The molecule has 12 heavy (non-hydrogen) atoms. The van der Waals surface area contributed by atoms with Crippen LogP contribution in [0, 0.1) is 0 Å². The molecule has 0 amide bonds. The van der Waals surface area contributed by atoms with Crippen LogP contribution in [0.2, 0.25) is 0 Å². The molecule has 58 valence electrons. The molecule has 0 saturated carbocycles. The summed E-state index contributed by atoms with van der Waals surface area (Å²) in [6.07, 6.45) is 0. The molecule has 0 heterocycles. The molecule has 0 atom stereocenters. The molecule has 0 bridgehead atoms. The fraction of sp³-hybridized carbons (Fsp3) is 0. The number of hydrogen-bond acceptors (Lipinski definition) is 0. The fourth-order valence-electron chi connectivity index (χ4n) is 1.14. The van der Waals surface area contributed by atoms with Gasteiger partial charge in [0.25, 0.3) is 0 Å². The summed E-state index contributed by atoms with van der Waals surface area (Å²) < 4.78 is 15.2. The van der Waals surface area contributed by atoms with E-state index in [0.29, 0.717) is 12.1 Å². The molecule has 0 unspecified atom stereocenters. The van der Waals surface area contributed by atoms with Crippen LogP contribution in [0.15, 0.2) is 60.6 Å². The quantitative estimate of drug-likeness (QED) is 0.594. The van der Waals surface area contributed by atoms with Gasteiger partial charge in [0.1, 0.15) is 0 Å². The molecular formula is C12H10. The van der Waals surface area contributed by atoms with E-state index in [1.54, 1.807) is 18.2 Å². The van der Waals surface area contributed by atoms with E-state index in [9.17, 15) is 0 Å². The van der Waals surface area contributed by atoms with Crippen LogP contribution in [0.1, 0.15) is 2.74 Å². The second-order valence-electron chi connectivity index (χ2n) is 2.57. The molecule has 0 saturated heterocycles. The molecule has 0 N–H and O–H groups in total. The van der Waals surface area contributed by atoms with Crippen molar-refractivity contribution in [3.05, 3.63) is 60.6 Å². The Labute approximate surface area is 75.3 Å². The van der Waals surface area contributed by atoms with Crippen molar-refractivity contribution in [3.8, 4) is 11.1 Å². The van der Waals surface area contributed by atoms with Gasteiger partial charge in [-0.25, -0.2) is 0 Å². The molecule has 0 heteroatoms. The smallest absolute Gasteiger partial charge is 0.0622 e. The number of hydrogen-bond donors (Lipinski definition) is 0. The van der Waals surface area contributed by atoms with Crippen molar-refractivity contribution in [3.63, 3.8) is 0 Å². The van der Waals surface area contributed by atoms with Crippen LogP contribution < -0.4 is 0 Å². The highest BCUT2D eigenvalue weighted by atomic mass is 14.0. The SMILES string of the molecule is [2H]c1ccc([2H])c(-c2ccccc2)c1. The molecule has 0 aromatic heterocycles. The van der Waals surface area contributed by atoms with Gasteiger partial charge >= 0.3 is 0 Å². The van der Waals surface area contributed by atoms with Crippen LogP contribution in [0.3, 0.4) is 0 Å². The maximum absolute atomic E-state index is 7.72. The van der Waals surface area contributed by atoms with Gasteiger partial charge in [-0.1, -0.05) is 60.6 Å². The lowest BCUT2D eigenvalue weighted by Gasteiger charge is -1.98. The highest BCUT2D eigenvalue weighted by Crippen LogP contribution is 2.17. The molecule has 0 aliphatic carbocycles. The van der Waals surface area contributed by atoms with Crippen molar-refractivity contribution in [2.75, 3.05) is 0 Å². The predicted molar refractivity (Wildman–Crippen MR) is 51.9 cm³/mol. The summed E-state index contributed by atoms with van der Waals surface area (Å²) in [5.41, 5.74) is 1.81. The highest BCUT2D eigenvalue weighted by Gasteiger charge is 1.91. The van der Waals surface area contributed by atoms with Crippen molar-refractivity contribution >= 4 is 0 Å². The zero-order chi connectivity index (χ0) is 9.97. The summed E-state index contributed by atoms with van der Waals surface area (Å²) in [5, 5.41) is 0. The van der Waals surface area contributed by atoms with Gasteiger partial charge in [-0.2, -0.15) is 0 Å². The summed E-state index contributed by atoms with van der Waals surface area (Å²) >= 11 is 0. The fourth-order valence-corrected chi connectivity index (χ4v) is 1.14. The van der Waals surface area contributed by atoms with Crippen molar-refractivity contribution in [2.45, 2.75) is 0 Å². The normalized spacial score (nSPS) is 12.0. The first-order valence-corrected chi connectivity index (χ1v) is 3.90. The topological polar surface area (TPSA) is 0 Å². The second-order valence-corrected chi connectivity index (χ2v) is 2.57. The van der Waals surface area contributed by atoms with Gasteiger partial charge in [0.15, 0.2) is 0 Å². The largest absolute Gasteiger partial charge is 0.0629 e. The van der Waals surface area contributed by atoms with Gasteiger partial charge in [0, 0.05) is 0 Å². The van der Waals surface area contributed by atoms with E-state index in [1.807, 2.05) is 30.3 Å². The van der Waals surface area contributed by atoms with Crippen LogP contribution in [-0.4, -0.2) is 0 Å². The zero-order valence-corrected chi connectivity index (χ0v) is 6.62. The Morgan fingerprint density at radius 3 is 2.42 bits per heavy atom. The van der Waals surface area contributed by atoms with E-state index < -0.39 is 0 Å². The molecule has 2 aromatic carbocycles. The molecule has 2 aromatic rings. The Morgan fingerprint density at radius 2 is 1.58 bits per heavy atom. The lowest BCUT2D eigenvalue weighted by molar-refractivity contribution is 1.62. The van der Waals surface area contributed by atoms with Gasteiger partial charge in [-0.15, -0.1) is 0 Å². The second kappa shape index (κ2) is 3.22. The third-order valence-corrected chi connectivity index (χ3v) is 1.73. The van der Waals surface area contributed by atoms with E-state index in [1.165, 1.54) is 0 Å². The predicted octanol–water partition coefficient (Wildman–Crippen LogP) is 3.35. The molecule has 0 nitrogen and oxygen atoms in total. The van der Waals surface area contributed by atoms with E-state index in [4.69, 9.17) is 2.74 Å². The molecule has 0 spiro atoms. The highest BCUT2D eigenvalue weighted by molar-refractivity contribution is 5.62. The lowest BCUT2D eigenvalue weighted by atomic mass is 10.1. The summed E-state index contributed by atoms with van der Waals surface area (Å²) in [7, 11) is 0. The zero-order valence-electron chi connectivity index (χ0n) is 8.62. The van der Waals surface area contributed by atoms with Crippen LogP contribution in [0.4, 0.5) is 0 Å². The summed E-state index contributed by atoms with van der Waals surface area (Å²) in [6, 6.07) is 15.6. The molecule has 0 aliphatic rings. The molecule has 0 aliphatic heterocycles. The van der Waals surface area contributed by atoms with E-state index in [-0.39, 0.29) is 0 Å². The first-order chi connectivity index (χ1) is 6.77. The number of benzene rings is 2. The third kappa shape index (κ3) is 1.37. The van der Waals surface area contributed by atoms with Crippen LogP contribution in [-0.2, 0) is 0 Å². The van der Waals surface area contributed by atoms with Crippen LogP contribution >= 0.6 is 0 Å². The Kier molecular flexibility index (Phi) is 1.38. The first-order valence-electron chi connectivity index (χ1n) is 4.90. The van der Waals surface area contributed by atoms with Gasteiger partial charge in [-0.3, -0.25) is 0 Å². The number of rotatable bonds is 1. The van der Waals surface area contributed by atoms with Crippen LogP contribution in [0.25, 0.3) is 11.1 Å². The van der Waals surface area contributed by atoms with Gasteiger partial charge in [0.2, 0.25) is 0 Å². The average molecular weight is 156 g/mol. The molecule has 2 rings (SSSR count). The van der Waals surface area contributed by atoms with Gasteiger partial charge in [0.05, 0.1) is 2.74 Å². The minimum absolute atomic E-state index is 0.444. The van der Waals surface area contributed by atoms with Crippen molar-refractivity contribution < 1.29 is 2.74 Å². The van der Waals surface area contributed by atoms with E-state index in [2.05, 4.69) is 0 Å². The average Bonchev–Trinajstić information content (AvgIpc) is 2.23. The molecule has 0 fully saturated rings. The third-order valence-electron chi connectivity index (χ3n) is 1.73. The first kappa shape index (κ1) is 5.15. The maximum atomic E-state index is 7.72. The monoisotopic (exact) mass is 156 g/mol. The maximum Gasteiger partial charge on any atom is 0.0629 e. The minimum Gasteiger partial charge on any atom is -0.0622 e. The summed E-state index contributed by atoms with van der Waals surface area (Å²) in [6.45, 7) is 0. The van der Waals surface area contributed by atoms with E-state index >= 15 is 0 Å². The lowest BCUT2D eigenvalue weighted by Crippen LogP contribution is -1.73. The van der Waals surface area contributed by atoms with Crippen molar-refractivity contribution in [2.24, 2.45) is 0 Å². The molecular weight excluding hydrogens is 144 g/mol. The standard InChI is InChI=1S/C12H10/c1-3-7-11(8-4-1)12-9-5-2-6-10-12/h1-10H/i3D,8D. The van der Waals surface area contributed by atoms with E-state index in [0.717, 1.165) is 11.1 Å². The van der Waals surface area contributed by atoms with Crippen LogP contribution in [0.5, 0.6) is 0 Å². The van der Waals surface area contributed by atoms with Crippen molar-refractivity contribution in [1.82, 2.24) is 0 Å². The van der Waals surface area contributed by atoms with Crippen molar-refractivity contribution in [1.29, 1.82) is 0 Å². The Bertz CT molecular complexity index is 435. The summed E-state index contributed by atoms with van der Waals surface area (Å²) in [5.74, 6) is 0.